The summed E-state index contributed by atoms with van der Waals surface area (Å²) in [6.45, 7) is 5.61. The lowest BCUT2D eigenvalue weighted by atomic mass is 9.83. The molecule has 2 saturated heterocycles. The Morgan fingerprint density at radius 1 is 0.917 bits per heavy atom. The predicted octanol–water partition coefficient (Wildman–Crippen LogP) is 4.61. The second-order valence-corrected chi connectivity index (χ2v) is 11.2. The van der Waals surface area contributed by atoms with Crippen molar-refractivity contribution in [3.05, 3.63) is 70.3 Å². The molecule has 3 aliphatic rings. The fourth-order valence-electron chi connectivity index (χ4n) is 6.87. The number of fused-ring (bicyclic) bond motifs is 5. The highest BCUT2D eigenvalue weighted by Gasteiger charge is 2.34. The van der Waals surface area contributed by atoms with Crippen molar-refractivity contribution in [2.24, 2.45) is 5.92 Å². The van der Waals surface area contributed by atoms with Crippen molar-refractivity contribution in [2.75, 3.05) is 26.2 Å². The first-order valence-corrected chi connectivity index (χ1v) is 13.9. The number of benzene rings is 1. The number of carbonyl (C=O) groups excluding carboxylic acids is 1. The molecule has 2 aromatic heterocycles. The van der Waals surface area contributed by atoms with Crippen molar-refractivity contribution in [3.63, 3.8) is 0 Å². The molecule has 6 rings (SSSR count). The van der Waals surface area contributed by atoms with Gasteiger partial charge in [-0.3, -0.25) is 14.5 Å². The SMILES string of the molecule is O=C(CCCc1cn(CN2C[C@@H]3C[C@H](C2)c2cccc(=O)n2C3)c2ccccc12)N1CCCCCC1. The lowest BCUT2D eigenvalue weighted by molar-refractivity contribution is -0.131. The second kappa shape index (κ2) is 10.3. The van der Waals surface area contributed by atoms with Crippen LogP contribution in [0.2, 0.25) is 0 Å². The van der Waals surface area contributed by atoms with Crippen molar-refractivity contribution in [1.29, 1.82) is 0 Å². The minimum atomic E-state index is 0.144. The van der Waals surface area contributed by atoms with E-state index in [4.69, 9.17) is 0 Å². The van der Waals surface area contributed by atoms with E-state index < -0.39 is 0 Å². The summed E-state index contributed by atoms with van der Waals surface area (Å²) in [7, 11) is 0. The first-order valence-electron chi connectivity index (χ1n) is 13.9. The molecule has 1 amide bonds. The van der Waals surface area contributed by atoms with Gasteiger partial charge in [0.1, 0.15) is 0 Å². The molecule has 0 N–H and O–H groups in total. The molecular formula is C30H38N4O2. The molecule has 2 fully saturated rings. The average molecular weight is 487 g/mol. The van der Waals surface area contributed by atoms with Gasteiger partial charge in [0.2, 0.25) is 5.91 Å². The Kier molecular flexibility index (Phi) is 6.70. The third-order valence-electron chi connectivity index (χ3n) is 8.57. The van der Waals surface area contributed by atoms with Crippen LogP contribution in [0.1, 0.15) is 62.1 Å². The van der Waals surface area contributed by atoms with E-state index in [9.17, 15) is 9.59 Å². The zero-order chi connectivity index (χ0) is 24.5. The Bertz CT molecular complexity index is 1280. The van der Waals surface area contributed by atoms with E-state index in [0.29, 0.717) is 24.2 Å². The van der Waals surface area contributed by atoms with Gasteiger partial charge < -0.3 is 14.0 Å². The molecule has 3 aromatic rings. The number of hydrogen-bond acceptors (Lipinski definition) is 3. The number of hydrogen-bond donors (Lipinski definition) is 0. The fraction of sp³-hybridized carbons (Fsp3) is 0.533. The molecule has 0 spiro atoms. The Morgan fingerprint density at radius 2 is 1.75 bits per heavy atom. The molecule has 0 aliphatic carbocycles. The van der Waals surface area contributed by atoms with Crippen LogP contribution < -0.4 is 5.56 Å². The van der Waals surface area contributed by atoms with Gasteiger partial charge in [0.05, 0.1) is 6.67 Å². The topological polar surface area (TPSA) is 50.5 Å². The number of piperidine rings is 1. The molecule has 190 valence electrons. The summed E-state index contributed by atoms with van der Waals surface area (Å²) >= 11 is 0. The first-order chi connectivity index (χ1) is 17.7. The summed E-state index contributed by atoms with van der Waals surface area (Å²) in [4.78, 5) is 29.8. The Labute approximate surface area is 213 Å². The molecule has 0 unspecified atom stereocenters. The number of para-hydroxylation sites is 1. The molecule has 0 saturated carbocycles. The lowest BCUT2D eigenvalue weighted by Gasteiger charge is -2.42. The molecule has 2 bridgehead atoms. The molecule has 5 heterocycles. The van der Waals surface area contributed by atoms with Gasteiger partial charge in [0.25, 0.3) is 5.56 Å². The van der Waals surface area contributed by atoms with E-state index in [-0.39, 0.29) is 5.56 Å². The highest BCUT2D eigenvalue weighted by atomic mass is 16.2. The van der Waals surface area contributed by atoms with Gasteiger partial charge in [-0.2, -0.15) is 0 Å². The van der Waals surface area contributed by atoms with Crippen LogP contribution in [0.25, 0.3) is 10.9 Å². The monoisotopic (exact) mass is 486 g/mol. The van der Waals surface area contributed by atoms with Crippen molar-refractivity contribution in [1.82, 2.24) is 18.9 Å². The fourth-order valence-corrected chi connectivity index (χ4v) is 6.87. The number of amides is 1. The highest BCUT2D eigenvalue weighted by molar-refractivity contribution is 5.84. The molecule has 0 radical (unpaired) electrons. The molecular weight excluding hydrogens is 448 g/mol. The van der Waals surface area contributed by atoms with Gasteiger partial charge in [-0.15, -0.1) is 0 Å². The number of aryl methyl sites for hydroxylation is 1. The van der Waals surface area contributed by atoms with Crippen LogP contribution in [0.15, 0.2) is 53.5 Å². The van der Waals surface area contributed by atoms with Crippen LogP contribution in [0.5, 0.6) is 0 Å². The van der Waals surface area contributed by atoms with Gasteiger partial charge in [-0.25, -0.2) is 0 Å². The minimum absolute atomic E-state index is 0.144. The lowest BCUT2D eigenvalue weighted by Crippen LogP contribution is -2.47. The van der Waals surface area contributed by atoms with Gasteiger partial charge >= 0.3 is 0 Å². The number of rotatable bonds is 6. The molecule has 1 aromatic carbocycles. The summed E-state index contributed by atoms with van der Waals surface area (Å²) < 4.78 is 4.41. The van der Waals surface area contributed by atoms with Crippen LogP contribution in [0.3, 0.4) is 0 Å². The zero-order valence-electron chi connectivity index (χ0n) is 21.3. The third kappa shape index (κ3) is 4.75. The van der Waals surface area contributed by atoms with Crippen molar-refractivity contribution < 1.29 is 4.79 Å². The Hall–Kier alpha value is -2.86. The predicted molar refractivity (Wildman–Crippen MR) is 143 cm³/mol. The van der Waals surface area contributed by atoms with E-state index in [0.717, 1.165) is 65.1 Å². The van der Waals surface area contributed by atoms with E-state index >= 15 is 0 Å². The van der Waals surface area contributed by atoms with Crippen molar-refractivity contribution in [2.45, 2.75) is 70.5 Å². The molecule has 6 nitrogen and oxygen atoms in total. The van der Waals surface area contributed by atoms with Gasteiger partial charge in [0.15, 0.2) is 0 Å². The van der Waals surface area contributed by atoms with Crippen LogP contribution in [-0.2, 0) is 24.4 Å². The van der Waals surface area contributed by atoms with Crippen LogP contribution >= 0.6 is 0 Å². The maximum Gasteiger partial charge on any atom is 0.250 e. The second-order valence-electron chi connectivity index (χ2n) is 11.2. The van der Waals surface area contributed by atoms with Crippen LogP contribution in [0.4, 0.5) is 0 Å². The normalized spacial score (nSPS) is 22.4. The zero-order valence-corrected chi connectivity index (χ0v) is 21.3. The Morgan fingerprint density at radius 3 is 2.61 bits per heavy atom. The number of likely N-dealkylation sites (tertiary alicyclic amines) is 2. The number of carbonyl (C=O) groups is 1. The number of pyridine rings is 1. The van der Waals surface area contributed by atoms with E-state index in [1.165, 1.54) is 41.4 Å². The maximum absolute atomic E-state index is 12.8. The standard InChI is InChI=1S/C30H38N4O2/c35-29(32-15-5-1-2-6-16-32)13-7-9-24-21-33(28-11-4-3-10-26(24)28)22-31-18-23-17-25(20-31)27-12-8-14-30(36)34(27)19-23/h3-4,8,10-12,14,21,23,25H,1-2,5-7,9,13,15-20,22H2/t23-,25+/m0/s1. The van der Waals surface area contributed by atoms with Crippen LogP contribution in [-0.4, -0.2) is 51.0 Å². The van der Waals surface area contributed by atoms with Gasteiger partial charge in [0, 0.05) is 73.9 Å². The Balaban J connectivity index is 1.14. The number of aromatic nitrogens is 2. The van der Waals surface area contributed by atoms with Gasteiger partial charge in [-0.05, 0) is 55.7 Å². The largest absolute Gasteiger partial charge is 0.343 e. The quantitative estimate of drug-likeness (QED) is 0.512. The summed E-state index contributed by atoms with van der Waals surface area (Å²) in [6.07, 6.45) is 10.8. The maximum atomic E-state index is 12.8. The highest BCUT2D eigenvalue weighted by Crippen LogP contribution is 2.35. The molecule has 3 aliphatic heterocycles. The van der Waals surface area contributed by atoms with Crippen molar-refractivity contribution >= 4 is 16.8 Å². The summed E-state index contributed by atoms with van der Waals surface area (Å²) in [5, 5.41) is 1.31. The van der Waals surface area contributed by atoms with E-state index in [1.54, 1.807) is 6.07 Å². The molecule has 36 heavy (non-hydrogen) atoms. The van der Waals surface area contributed by atoms with E-state index in [2.05, 4.69) is 50.9 Å². The van der Waals surface area contributed by atoms with Gasteiger partial charge in [-0.1, -0.05) is 37.1 Å². The molecule has 2 atom stereocenters. The smallest absolute Gasteiger partial charge is 0.250 e. The van der Waals surface area contributed by atoms with Crippen LogP contribution in [0, 0.1) is 5.92 Å². The van der Waals surface area contributed by atoms with Crippen molar-refractivity contribution in [3.8, 4) is 0 Å². The van der Waals surface area contributed by atoms with E-state index in [1.807, 2.05) is 10.6 Å². The first kappa shape index (κ1) is 23.5. The third-order valence-corrected chi connectivity index (χ3v) is 8.57. The number of nitrogens with zero attached hydrogens (tertiary/aromatic N) is 4. The minimum Gasteiger partial charge on any atom is -0.343 e. The summed E-state index contributed by atoms with van der Waals surface area (Å²) in [5.74, 6) is 1.29. The molecule has 6 heteroatoms. The summed E-state index contributed by atoms with van der Waals surface area (Å²) in [5.41, 5.74) is 3.98. The summed E-state index contributed by atoms with van der Waals surface area (Å²) in [6, 6.07) is 14.4. The average Bonchev–Trinajstić information content (AvgIpc) is 3.04.